The first-order chi connectivity index (χ1) is 13.6. The number of aliphatic imine (C=N–C) groups is 2. The molecule has 0 aromatic rings. The lowest BCUT2D eigenvalue weighted by Gasteiger charge is -2.17. The summed E-state index contributed by atoms with van der Waals surface area (Å²) in [5, 5.41) is 0. The predicted molar refractivity (Wildman–Crippen MR) is 98.3 cm³/mol. The van der Waals surface area contributed by atoms with Crippen LogP contribution >= 0.6 is 0 Å². The average Bonchev–Trinajstić information content (AvgIpc) is 2.69. The largest absolute Gasteiger partial charge is 0.431 e. The van der Waals surface area contributed by atoms with Gasteiger partial charge in [-0.1, -0.05) is 0 Å². The number of unbranched alkanes of at least 4 members (excludes halogenated alkanes) is 1. The maximum absolute atomic E-state index is 11.9. The molecule has 0 saturated carbocycles. The van der Waals surface area contributed by atoms with Crippen molar-refractivity contribution in [2.45, 2.75) is 76.3 Å². The molecular formula is C20H24N2O6. The van der Waals surface area contributed by atoms with Crippen LogP contribution in [-0.4, -0.2) is 36.2 Å². The molecule has 8 heteroatoms. The minimum atomic E-state index is -0.325. The van der Waals surface area contributed by atoms with Gasteiger partial charge in [-0.2, -0.15) is 0 Å². The Morgan fingerprint density at radius 2 is 1.29 bits per heavy atom. The van der Waals surface area contributed by atoms with Gasteiger partial charge in [-0.05, 0) is 50.7 Å². The normalized spacial score (nSPS) is 21.3. The lowest BCUT2D eigenvalue weighted by molar-refractivity contribution is -0.142. The highest BCUT2D eigenvalue weighted by Crippen LogP contribution is 2.23. The highest BCUT2D eigenvalue weighted by molar-refractivity contribution is 5.71. The van der Waals surface area contributed by atoms with Gasteiger partial charge in [0.25, 0.3) is 0 Å². The first kappa shape index (κ1) is 21.5. The monoisotopic (exact) mass is 388 g/mol. The summed E-state index contributed by atoms with van der Waals surface area (Å²) in [7, 11) is 0. The van der Waals surface area contributed by atoms with Gasteiger partial charge < -0.3 is 9.47 Å². The molecule has 0 spiro atoms. The van der Waals surface area contributed by atoms with Gasteiger partial charge in [0, 0.05) is 25.7 Å². The number of esters is 2. The summed E-state index contributed by atoms with van der Waals surface area (Å²) >= 11 is 0. The zero-order chi connectivity index (χ0) is 20.2. The predicted octanol–water partition coefficient (Wildman–Crippen LogP) is 3.18. The van der Waals surface area contributed by atoms with Crippen molar-refractivity contribution in [3.8, 4) is 0 Å². The molecule has 2 unspecified atom stereocenters. The van der Waals surface area contributed by atoms with E-state index in [4.69, 9.17) is 9.47 Å². The Bertz CT molecular complexity index is 667. The summed E-state index contributed by atoms with van der Waals surface area (Å²) in [4.78, 5) is 51.5. The molecule has 0 N–H and O–H groups in total. The Kier molecular flexibility index (Phi) is 9.05. The maximum atomic E-state index is 11.9. The van der Waals surface area contributed by atoms with Crippen LogP contribution in [0.25, 0.3) is 0 Å². The maximum Gasteiger partial charge on any atom is 0.310 e. The van der Waals surface area contributed by atoms with E-state index < -0.39 is 0 Å². The molecule has 28 heavy (non-hydrogen) atoms. The third kappa shape index (κ3) is 7.82. The van der Waals surface area contributed by atoms with Gasteiger partial charge in [0.1, 0.15) is 11.5 Å². The zero-order valence-electron chi connectivity index (χ0n) is 15.7. The van der Waals surface area contributed by atoms with Crippen LogP contribution in [0.15, 0.2) is 33.7 Å². The third-order valence-corrected chi connectivity index (χ3v) is 4.66. The summed E-state index contributed by atoms with van der Waals surface area (Å²) in [6, 6.07) is -0.150. The van der Waals surface area contributed by atoms with E-state index in [-0.39, 0.29) is 36.9 Å². The fourth-order valence-electron chi connectivity index (χ4n) is 3.09. The van der Waals surface area contributed by atoms with E-state index in [9.17, 15) is 19.2 Å². The van der Waals surface area contributed by atoms with Gasteiger partial charge in [-0.25, -0.2) is 19.6 Å². The topological polar surface area (TPSA) is 111 Å². The number of carbonyl (C=O) groups is 2. The standard InChI is InChI=1S/C20H24N2O6/c23-13-21-15-5-9-17(10-6-15)27-19(25)3-1-2-4-20(26)28-18-11-7-16(8-12-18)22-14-24/h9,11,15-16H,1-8,10,12H2. The van der Waals surface area contributed by atoms with Gasteiger partial charge in [0.15, 0.2) is 0 Å². The molecule has 0 radical (unpaired) electrons. The molecule has 0 aromatic carbocycles. The molecule has 0 aromatic heterocycles. The molecule has 2 rings (SSSR count). The lowest BCUT2D eigenvalue weighted by atomic mass is 10.0. The first-order valence-electron chi connectivity index (χ1n) is 9.54. The van der Waals surface area contributed by atoms with Crippen LogP contribution in [0.1, 0.15) is 64.2 Å². The number of allylic oxidation sites excluding steroid dienone is 2. The molecule has 8 nitrogen and oxygen atoms in total. The van der Waals surface area contributed by atoms with Crippen molar-refractivity contribution in [1.82, 2.24) is 0 Å². The van der Waals surface area contributed by atoms with Gasteiger partial charge in [0.2, 0.25) is 12.2 Å². The highest BCUT2D eigenvalue weighted by atomic mass is 16.5. The van der Waals surface area contributed by atoms with Crippen LogP contribution in [0.2, 0.25) is 0 Å². The number of ether oxygens (including phenoxy) is 2. The molecular weight excluding hydrogens is 364 g/mol. The van der Waals surface area contributed by atoms with Gasteiger partial charge in [-0.3, -0.25) is 9.59 Å². The molecule has 2 atom stereocenters. The van der Waals surface area contributed by atoms with E-state index in [0.29, 0.717) is 62.9 Å². The number of nitrogens with zero attached hydrogens (tertiary/aromatic N) is 2. The quantitative estimate of drug-likeness (QED) is 0.260. The van der Waals surface area contributed by atoms with E-state index in [1.54, 1.807) is 24.3 Å². The third-order valence-electron chi connectivity index (χ3n) is 4.66. The molecule has 0 aliphatic heterocycles. The molecule has 0 heterocycles. The van der Waals surface area contributed by atoms with Crippen molar-refractivity contribution in [2.75, 3.05) is 0 Å². The van der Waals surface area contributed by atoms with Crippen LogP contribution in [0.4, 0.5) is 0 Å². The second-order valence-electron chi connectivity index (χ2n) is 6.79. The molecule has 0 fully saturated rings. The van der Waals surface area contributed by atoms with E-state index in [1.807, 2.05) is 0 Å². The summed E-state index contributed by atoms with van der Waals surface area (Å²) in [5.74, 6) is 0.578. The van der Waals surface area contributed by atoms with E-state index in [1.165, 1.54) is 0 Å². The Morgan fingerprint density at radius 1 is 0.857 bits per heavy atom. The zero-order valence-corrected chi connectivity index (χ0v) is 15.7. The van der Waals surface area contributed by atoms with Crippen molar-refractivity contribution in [2.24, 2.45) is 9.98 Å². The fraction of sp³-hybridized carbons (Fsp3) is 0.600. The number of hydrogen-bond donors (Lipinski definition) is 0. The Labute approximate surface area is 163 Å². The molecule has 0 saturated heterocycles. The minimum absolute atomic E-state index is 0.0751. The summed E-state index contributed by atoms with van der Waals surface area (Å²) in [5.41, 5.74) is 0. The Morgan fingerprint density at radius 3 is 1.61 bits per heavy atom. The van der Waals surface area contributed by atoms with Crippen LogP contribution in [0, 0.1) is 0 Å². The van der Waals surface area contributed by atoms with Crippen molar-refractivity contribution < 1.29 is 28.7 Å². The SMILES string of the molecule is O=C=NC1CC=C(OC(=O)CCCCC(=O)OC2=CCC(N=C=O)CC2)CC1. The van der Waals surface area contributed by atoms with Gasteiger partial charge in [-0.15, -0.1) is 0 Å². The van der Waals surface area contributed by atoms with Gasteiger partial charge >= 0.3 is 11.9 Å². The van der Waals surface area contributed by atoms with Crippen molar-refractivity contribution in [1.29, 1.82) is 0 Å². The average molecular weight is 388 g/mol. The Hall–Kier alpha value is -2.82. The summed E-state index contributed by atoms with van der Waals surface area (Å²) in [6.45, 7) is 0. The molecule has 0 bridgehead atoms. The number of hydrogen-bond acceptors (Lipinski definition) is 8. The molecule has 0 amide bonds. The second-order valence-corrected chi connectivity index (χ2v) is 6.79. The van der Waals surface area contributed by atoms with E-state index >= 15 is 0 Å². The fourth-order valence-corrected chi connectivity index (χ4v) is 3.09. The van der Waals surface area contributed by atoms with Crippen LogP contribution in [-0.2, 0) is 28.7 Å². The smallest absolute Gasteiger partial charge is 0.310 e. The van der Waals surface area contributed by atoms with Crippen molar-refractivity contribution in [3.05, 3.63) is 23.7 Å². The number of rotatable bonds is 9. The number of isocyanates is 2. The van der Waals surface area contributed by atoms with Crippen LogP contribution < -0.4 is 0 Å². The minimum Gasteiger partial charge on any atom is -0.431 e. The molecule has 150 valence electrons. The van der Waals surface area contributed by atoms with Crippen molar-refractivity contribution in [3.63, 3.8) is 0 Å². The molecule has 2 aliphatic carbocycles. The van der Waals surface area contributed by atoms with E-state index in [2.05, 4.69) is 9.98 Å². The first-order valence-corrected chi connectivity index (χ1v) is 9.54. The highest BCUT2D eigenvalue weighted by Gasteiger charge is 2.18. The van der Waals surface area contributed by atoms with Crippen LogP contribution in [0.5, 0.6) is 0 Å². The summed E-state index contributed by atoms with van der Waals surface area (Å²) < 4.78 is 10.6. The number of carbonyl (C=O) groups excluding carboxylic acids is 4. The van der Waals surface area contributed by atoms with Gasteiger partial charge in [0.05, 0.1) is 12.1 Å². The van der Waals surface area contributed by atoms with Crippen molar-refractivity contribution >= 4 is 24.1 Å². The van der Waals surface area contributed by atoms with E-state index in [0.717, 1.165) is 0 Å². The second kappa shape index (κ2) is 11.8. The molecule has 2 aliphatic rings. The summed E-state index contributed by atoms with van der Waals surface area (Å²) in [6.07, 6.45) is 11.8. The lowest BCUT2D eigenvalue weighted by Crippen LogP contribution is -2.13. The Balaban J connectivity index is 1.58. The van der Waals surface area contributed by atoms with Crippen LogP contribution in [0.3, 0.4) is 0 Å².